The fraction of sp³-hybridized carbons (Fsp3) is 0.355. The Balaban J connectivity index is 1.55. The van der Waals surface area contributed by atoms with E-state index in [4.69, 9.17) is 9.47 Å². The van der Waals surface area contributed by atoms with Crippen LogP contribution in [0.25, 0.3) is 10.9 Å². The lowest BCUT2D eigenvalue weighted by Gasteiger charge is -2.29. The fourth-order valence-electron chi connectivity index (χ4n) is 4.72. The minimum atomic E-state index is -0.0789. The Morgan fingerprint density at radius 3 is 2.46 bits per heavy atom. The van der Waals surface area contributed by atoms with Crippen LogP contribution in [-0.2, 0) is 29.0 Å². The summed E-state index contributed by atoms with van der Waals surface area (Å²) in [6.07, 6.45) is 3.01. The highest BCUT2D eigenvalue weighted by Gasteiger charge is 2.23. The van der Waals surface area contributed by atoms with E-state index in [0.717, 1.165) is 26.9 Å². The van der Waals surface area contributed by atoms with Gasteiger partial charge in [0, 0.05) is 41.6 Å². The highest BCUT2D eigenvalue weighted by Crippen LogP contribution is 2.28. The Labute approximate surface area is 234 Å². The van der Waals surface area contributed by atoms with Gasteiger partial charge in [-0.2, -0.15) is 0 Å². The van der Waals surface area contributed by atoms with Crippen molar-refractivity contribution >= 4 is 34.1 Å². The molecule has 0 saturated heterocycles. The third kappa shape index (κ3) is 7.41. The summed E-state index contributed by atoms with van der Waals surface area (Å²) in [7, 11) is 3.20. The number of aromatic nitrogens is 1. The number of aromatic amines is 1. The van der Waals surface area contributed by atoms with E-state index in [9.17, 15) is 9.59 Å². The van der Waals surface area contributed by atoms with E-state index in [1.165, 1.54) is 0 Å². The molecule has 0 spiro atoms. The summed E-state index contributed by atoms with van der Waals surface area (Å²) in [5, 5.41) is 3.12. The van der Waals surface area contributed by atoms with Gasteiger partial charge in [-0.3, -0.25) is 9.59 Å². The van der Waals surface area contributed by atoms with Gasteiger partial charge < -0.3 is 24.3 Å². The molecule has 2 amide bonds. The largest absolute Gasteiger partial charge is 0.493 e. The van der Waals surface area contributed by atoms with Crippen LogP contribution in [-0.4, -0.2) is 60.5 Å². The average molecular weight is 548 g/mol. The molecule has 2 aromatic heterocycles. The summed E-state index contributed by atoms with van der Waals surface area (Å²) >= 11 is 1.56. The highest BCUT2D eigenvalue weighted by molar-refractivity contribution is 7.10. The van der Waals surface area contributed by atoms with Crippen molar-refractivity contribution in [1.29, 1.82) is 0 Å². The molecule has 0 radical (unpaired) electrons. The van der Waals surface area contributed by atoms with E-state index in [1.807, 2.05) is 65.0 Å². The second-order valence-electron chi connectivity index (χ2n) is 10.0. The number of carbonyl (C=O) groups excluding carboxylic acids is 2. The molecule has 0 fully saturated rings. The van der Waals surface area contributed by atoms with Gasteiger partial charge in [0.2, 0.25) is 11.8 Å². The minimum absolute atomic E-state index is 0.0257. The van der Waals surface area contributed by atoms with E-state index in [-0.39, 0.29) is 24.3 Å². The lowest BCUT2D eigenvalue weighted by Crippen LogP contribution is -2.45. The zero-order valence-electron chi connectivity index (χ0n) is 23.1. The number of methoxy groups -OCH3 is 2. The zero-order chi connectivity index (χ0) is 27.8. The van der Waals surface area contributed by atoms with Crippen LogP contribution in [0, 0.1) is 5.92 Å². The molecule has 7 nitrogen and oxygen atoms in total. The predicted molar refractivity (Wildman–Crippen MR) is 156 cm³/mol. The smallest absolute Gasteiger partial charge is 0.242 e. The molecule has 4 rings (SSSR count). The van der Waals surface area contributed by atoms with Crippen molar-refractivity contribution < 1.29 is 19.1 Å². The van der Waals surface area contributed by atoms with E-state index < -0.39 is 0 Å². The number of para-hydroxylation sites is 1. The van der Waals surface area contributed by atoms with Crippen LogP contribution in [0.1, 0.15) is 29.9 Å². The van der Waals surface area contributed by atoms with Crippen LogP contribution in [0.15, 0.2) is 66.2 Å². The zero-order valence-corrected chi connectivity index (χ0v) is 23.9. The number of rotatable bonds is 13. The van der Waals surface area contributed by atoms with Crippen molar-refractivity contribution in [3.8, 4) is 11.5 Å². The third-order valence-corrected chi connectivity index (χ3v) is 7.55. The lowest BCUT2D eigenvalue weighted by molar-refractivity contribution is -0.141. The molecule has 206 valence electrons. The van der Waals surface area contributed by atoms with Gasteiger partial charge in [0.1, 0.15) is 0 Å². The van der Waals surface area contributed by atoms with Crippen LogP contribution in [0.4, 0.5) is 0 Å². The molecular weight excluding hydrogens is 510 g/mol. The summed E-state index contributed by atoms with van der Waals surface area (Å²) in [4.78, 5) is 34.9. The molecule has 0 atom stereocenters. The predicted octanol–water partition coefficient (Wildman–Crippen LogP) is 5.55. The Bertz CT molecular complexity index is 1380. The SMILES string of the molecule is COc1ccc(CN(CCc2c[nH]c3ccccc23)C(=O)CN(CC(C)C)C(=O)Cc2cccs2)cc1OC. The van der Waals surface area contributed by atoms with Crippen molar-refractivity contribution in [2.24, 2.45) is 5.92 Å². The van der Waals surface area contributed by atoms with Gasteiger partial charge in [0.05, 0.1) is 27.2 Å². The molecule has 2 aromatic carbocycles. The molecule has 0 aliphatic carbocycles. The number of ether oxygens (including phenoxy) is 2. The molecule has 4 aromatic rings. The maximum Gasteiger partial charge on any atom is 0.242 e. The second kappa shape index (κ2) is 13.3. The van der Waals surface area contributed by atoms with Gasteiger partial charge >= 0.3 is 0 Å². The van der Waals surface area contributed by atoms with Crippen LogP contribution in [0.5, 0.6) is 11.5 Å². The van der Waals surface area contributed by atoms with E-state index in [1.54, 1.807) is 30.5 Å². The Hall–Kier alpha value is -3.78. The number of hydrogen-bond acceptors (Lipinski definition) is 5. The first-order valence-electron chi connectivity index (χ1n) is 13.2. The third-order valence-electron chi connectivity index (χ3n) is 6.67. The normalized spacial score (nSPS) is 11.1. The van der Waals surface area contributed by atoms with Gasteiger partial charge in [-0.25, -0.2) is 0 Å². The number of thiophene rings is 1. The van der Waals surface area contributed by atoms with E-state index >= 15 is 0 Å². The number of hydrogen-bond donors (Lipinski definition) is 1. The van der Waals surface area contributed by atoms with E-state index in [0.29, 0.717) is 44.0 Å². The van der Waals surface area contributed by atoms with Crippen LogP contribution >= 0.6 is 11.3 Å². The van der Waals surface area contributed by atoms with Crippen LogP contribution in [0.2, 0.25) is 0 Å². The standard InChI is InChI=1S/C31H37N3O4S/c1-22(2)19-34(30(35)17-25-8-7-15-39-25)21-31(36)33(20-23-11-12-28(37-3)29(16-23)38-4)14-13-24-18-32-27-10-6-5-9-26(24)27/h5-12,15-16,18,22,32H,13-14,17,19-21H2,1-4H3. The summed E-state index contributed by atoms with van der Waals surface area (Å²) < 4.78 is 10.9. The quantitative estimate of drug-likeness (QED) is 0.238. The highest BCUT2D eigenvalue weighted by atomic mass is 32.1. The Morgan fingerprint density at radius 1 is 0.949 bits per heavy atom. The van der Waals surface area contributed by atoms with Crippen LogP contribution in [0.3, 0.4) is 0 Å². The number of carbonyl (C=O) groups is 2. The van der Waals surface area contributed by atoms with Crippen molar-refractivity contribution in [3.05, 3.63) is 82.2 Å². The first-order chi connectivity index (χ1) is 18.9. The summed E-state index contributed by atoms with van der Waals surface area (Å²) in [5.74, 6) is 1.40. The Kier molecular flexibility index (Phi) is 9.65. The number of nitrogens with zero attached hydrogens (tertiary/aromatic N) is 2. The maximum atomic E-state index is 13.8. The van der Waals surface area contributed by atoms with Crippen molar-refractivity contribution in [1.82, 2.24) is 14.8 Å². The number of H-pyrrole nitrogens is 1. The fourth-order valence-corrected chi connectivity index (χ4v) is 5.41. The molecule has 0 aliphatic heterocycles. The van der Waals surface area contributed by atoms with E-state index in [2.05, 4.69) is 24.9 Å². The molecule has 2 heterocycles. The van der Waals surface area contributed by atoms with Gasteiger partial charge in [-0.05, 0) is 53.1 Å². The number of nitrogens with one attached hydrogen (secondary N) is 1. The monoisotopic (exact) mass is 547 g/mol. The molecular formula is C31H37N3O4S. The summed E-state index contributed by atoms with van der Waals surface area (Å²) in [6.45, 7) is 5.62. The first kappa shape index (κ1) is 28.2. The Morgan fingerprint density at radius 2 is 1.74 bits per heavy atom. The lowest BCUT2D eigenvalue weighted by atomic mass is 10.1. The number of fused-ring (bicyclic) bond motifs is 1. The molecule has 8 heteroatoms. The van der Waals surface area contributed by atoms with Gasteiger partial charge in [0.25, 0.3) is 0 Å². The van der Waals surface area contributed by atoms with Crippen molar-refractivity contribution in [3.63, 3.8) is 0 Å². The van der Waals surface area contributed by atoms with Gasteiger partial charge in [-0.1, -0.05) is 44.2 Å². The van der Waals surface area contributed by atoms with Gasteiger partial charge in [-0.15, -0.1) is 11.3 Å². The number of amides is 2. The molecule has 39 heavy (non-hydrogen) atoms. The maximum absolute atomic E-state index is 13.8. The molecule has 0 aliphatic rings. The van der Waals surface area contributed by atoms with Crippen molar-refractivity contribution in [2.75, 3.05) is 33.9 Å². The summed E-state index contributed by atoms with van der Waals surface area (Å²) in [6, 6.07) is 17.8. The van der Waals surface area contributed by atoms with Gasteiger partial charge in [0.15, 0.2) is 11.5 Å². The summed E-state index contributed by atoms with van der Waals surface area (Å²) in [5.41, 5.74) is 3.16. The molecule has 0 bridgehead atoms. The average Bonchev–Trinajstić information content (AvgIpc) is 3.60. The molecule has 0 unspecified atom stereocenters. The minimum Gasteiger partial charge on any atom is -0.493 e. The molecule has 0 saturated carbocycles. The van der Waals surface area contributed by atoms with Crippen molar-refractivity contribution in [2.45, 2.75) is 33.2 Å². The number of benzene rings is 2. The molecule has 1 N–H and O–H groups in total. The topological polar surface area (TPSA) is 74.9 Å². The first-order valence-corrected chi connectivity index (χ1v) is 14.1. The van der Waals surface area contributed by atoms with Crippen LogP contribution < -0.4 is 9.47 Å². The second-order valence-corrected chi connectivity index (χ2v) is 11.1.